The molecule has 0 bridgehead atoms. The Morgan fingerprint density at radius 3 is 2.85 bits per heavy atom. The first-order valence-corrected chi connectivity index (χ1v) is 6.19. The number of hydrogen-bond acceptors (Lipinski definition) is 5. The van der Waals surface area contributed by atoms with Gasteiger partial charge in [-0.25, -0.2) is 4.79 Å². The Kier molecular flexibility index (Phi) is 3.97. The summed E-state index contributed by atoms with van der Waals surface area (Å²) in [6.45, 7) is 0.191. The number of carbonyl (C=O) groups is 2. The molecule has 1 amide bonds. The standard InChI is InChI=1S/C11H14N4O5/c16-10(7-13-6-4-9(12-13)15(19)20)14-5-2-1-3-8(14)11(17)18/h4,6,8H,1-3,5,7H2,(H,17,18)/t8-/m1/s1. The number of carboxylic acids is 1. The molecule has 0 saturated carbocycles. The van der Waals surface area contributed by atoms with Gasteiger partial charge in [0.15, 0.2) is 0 Å². The minimum Gasteiger partial charge on any atom is -0.480 e. The fourth-order valence-corrected chi connectivity index (χ4v) is 2.25. The molecule has 0 spiro atoms. The van der Waals surface area contributed by atoms with Gasteiger partial charge in [-0.3, -0.25) is 4.79 Å². The summed E-state index contributed by atoms with van der Waals surface area (Å²) in [5.74, 6) is -1.76. The number of amides is 1. The zero-order chi connectivity index (χ0) is 14.7. The van der Waals surface area contributed by atoms with Crippen molar-refractivity contribution >= 4 is 17.7 Å². The fourth-order valence-electron chi connectivity index (χ4n) is 2.25. The van der Waals surface area contributed by atoms with E-state index in [1.807, 2.05) is 0 Å². The first kappa shape index (κ1) is 14.0. The Labute approximate surface area is 113 Å². The van der Waals surface area contributed by atoms with E-state index in [1.165, 1.54) is 17.2 Å². The van der Waals surface area contributed by atoms with Gasteiger partial charge in [-0.05, 0) is 24.2 Å². The van der Waals surface area contributed by atoms with Crippen molar-refractivity contribution in [2.24, 2.45) is 0 Å². The van der Waals surface area contributed by atoms with Gasteiger partial charge < -0.3 is 20.1 Å². The number of piperidine rings is 1. The third kappa shape index (κ3) is 2.92. The molecule has 0 aromatic carbocycles. The van der Waals surface area contributed by atoms with Crippen molar-refractivity contribution in [3.05, 3.63) is 22.4 Å². The van der Waals surface area contributed by atoms with E-state index in [9.17, 15) is 19.7 Å². The van der Waals surface area contributed by atoms with Crippen molar-refractivity contribution in [2.45, 2.75) is 31.8 Å². The van der Waals surface area contributed by atoms with Gasteiger partial charge in [0.1, 0.15) is 12.6 Å². The average Bonchev–Trinajstić information content (AvgIpc) is 2.87. The van der Waals surface area contributed by atoms with Gasteiger partial charge in [0.25, 0.3) is 0 Å². The molecule has 20 heavy (non-hydrogen) atoms. The molecule has 1 saturated heterocycles. The Balaban J connectivity index is 2.05. The number of carbonyl (C=O) groups excluding carboxylic acids is 1. The number of likely N-dealkylation sites (tertiary alicyclic amines) is 1. The topological polar surface area (TPSA) is 119 Å². The molecule has 108 valence electrons. The fraction of sp³-hybridized carbons (Fsp3) is 0.545. The summed E-state index contributed by atoms with van der Waals surface area (Å²) >= 11 is 0. The predicted octanol–water partition coefficient (Wildman–Crippen LogP) is 0.257. The molecule has 1 aromatic rings. The van der Waals surface area contributed by atoms with Crippen LogP contribution in [-0.2, 0) is 16.1 Å². The van der Waals surface area contributed by atoms with Crippen molar-refractivity contribution < 1.29 is 19.6 Å². The van der Waals surface area contributed by atoms with Crippen LogP contribution in [0.3, 0.4) is 0 Å². The lowest BCUT2D eigenvalue weighted by molar-refractivity contribution is -0.389. The number of hydrogen-bond donors (Lipinski definition) is 1. The molecule has 1 aliphatic heterocycles. The van der Waals surface area contributed by atoms with Crippen LogP contribution in [0.25, 0.3) is 0 Å². The zero-order valence-electron chi connectivity index (χ0n) is 10.6. The second-order valence-electron chi connectivity index (χ2n) is 4.57. The van der Waals surface area contributed by atoms with E-state index in [4.69, 9.17) is 5.11 Å². The predicted molar refractivity (Wildman–Crippen MR) is 65.9 cm³/mol. The number of nitrogens with zero attached hydrogens (tertiary/aromatic N) is 4. The van der Waals surface area contributed by atoms with Crippen molar-refractivity contribution in [2.75, 3.05) is 6.54 Å². The van der Waals surface area contributed by atoms with Crippen molar-refractivity contribution in [3.8, 4) is 0 Å². The molecule has 1 aliphatic rings. The molecule has 9 nitrogen and oxygen atoms in total. The Morgan fingerprint density at radius 1 is 1.50 bits per heavy atom. The first-order valence-electron chi connectivity index (χ1n) is 6.19. The van der Waals surface area contributed by atoms with Crippen LogP contribution in [0.4, 0.5) is 5.82 Å². The molecule has 1 atom stereocenters. The summed E-state index contributed by atoms with van der Waals surface area (Å²) in [7, 11) is 0. The number of carboxylic acid groups (broad SMARTS) is 1. The van der Waals surface area contributed by atoms with Gasteiger partial charge in [0.2, 0.25) is 5.91 Å². The highest BCUT2D eigenvalue weighted by Gasteiger charge is 2.32. The van der Waals surface area contributed by atoms with Crippen LogP contribution in [0, 0.1) is 10.1 Å². The highest BCUT2D eigenvalue weighted by Crippen LogP contribution is 2.18. The van der Waals surface area contributed by atoms with Gasteiger partial charge in [0.05, 0.1) is 17.4 Å². The smallest absolute Gasteiger partial charge is 0.389 e. The molecule has 0 aliphatic carbocycles. The van der Waals surface area contributed by atoms with Crippen LogP contribution in [0.15, 0.2) is 12.3 Å². The molecule has 1 aromatic heterocycles. The molecule has 9 heteroatoms. The van der Waals surface area contributed by atoms with E-state index in [-0.39, 0.29) is 12.4 Å². The van der Waals surface area contributed by atoms with Crippen molar-refractivity contribution in [3.63, 3.8) is 0 Å². The maximum atomic E-state index is 12.1. The molecule has 1 N–H and O–H groups in total. The molecular formula is C11H14N4O5. The van der Waals surface area contributed by atoms with Crippen LogP contribution in [0.1, 0.15) is 19.3 Å². The van der Waals surface area contributed by atoms with Gasteiger partial charge >= 0.3 is 11.8 Å². The van der Waals surface area contributed by atoms with E-state index in [0.29, 0.717) is 13.0 Å². The minimum absolute atomic E-state index is 0.197. The van der Waals surface area contributed by atoms with E-state index < -0.39 is 22.8 Å². The van der Waals surface area contributed by atoms with Gasteiger partial charge in [-0.15, -0.1) is 0 Å². The second kappa shape index (κ2) is 5.68. The van der Waals surface area contributed by atoms with E-state index in [1.54, 1.807) is 0 Å². The summed E-state index contributed by atoms with van der Waals surface area (Å²) in [5, 5.41) is 23.2. The summed E-state index contributed by atoms with van der Waals surface area (Å²) in [6.07, 6.45) is 3.29. The maximum absolute atomic E-state index is 12.1. The molecule has 1 fully saturated rings. The van der Waals surface area contributed by atoms with Crippen molar-refractivity contribution in [1.29, 1.82) is 0 Å². The van der Waals surface area contributed by atoms with Crippen LogP contribution in [0.2, 0.25) is 0 Å². The Hall–Kier alpha value is -2.45. The number of rotatable bonds is 4. The lowest BCUT2D eigenvalue weighted by atomic mass is 10.0. The third-order valence-electron chi connectivity index (χ3n) is 3.22. The zero-order valence-corrected chi connectivity index (χ0v) is 10.6. The molecule has 0 unspecified atom stereocenters. The van der Waals surface area contributed by atoms with Crippen LogP contribution < -0.4 is 0 Å². The summed E-state index contributed by atoms with van der Waals surface area (Å²) in [5.41, 5.74) is 0. The second-order valence-corrected chi connectivity index (χ2v) is 4.57. The Bertz CT molecular complexity index is 541. The molecular weight excluding hydrogens is 268 g/mol. The summed E-state index contributed by atoms with van der Waals surface area (Å²) < 4.78 is 1.15. The quantitative estimate of drug-likeness (QED) is 0.624. The van der Waals surface area contributed by atoms with E-state index in [2.05, 4.69) is 5.10 Å². The normalized spacial score (nSPS) is 18.8. The summed E-state index contributed by atoms with van der Waals surface area (Å²) in [6, 6.07) is 0.375. The summed E-state index contributed by atoms with van der Waals surface area (Å²) in [4.78, 5) is 34.4. The largest absolute Gasteiger partial charge is 0.480 e. The van der Waals surface area contributed by atoms with E-state index >= 15 is 0 Å². The van der Waals surface area contributed by atoms with Crippen LogP contribution in [0.5, 0.6) is 0 Å². The van der Waals surface area contributed by atoms with E-state index in [0.717, 1.165) is 17.5 Å². The van der Waals surface area contributed by atoms with Crippen LogP contribution >= 0.6 is 0 Å². The number of aromatic nitrogens is 2. The first-order chi connectivity index (χ1) is 9.49. The third-order valence-corrected chi connectivity index (χ3v) is 3.22. The number of aliphatic carboxylic acids is 1. The lowest BCUT2D eigenvalue weighted by Gasteiger charge is -2.32. The molecule has 0 radical (unpaired) electrons. The maximum Gasteiger partial charge on any atom is 0.389 e. The highest BCUT2D eigenvalue weighted by molar-refractivity contribution is 5.83. The minimum atomic E-state index is -1.02. The SMILES string of the molecule is O=C(O)[C@H]1CCCCN1C(=O)Cn1ccc([N+](=O)[O-])n1. The average molecular weight is 282 g/mol. The number of nitro groups is 1. The van der Waals surface area contributed by atoms with Gasteiger partial charge in [-0.1, -0.05) is 0 Å². The van der Waals surface area contributed by atoms with Crippen molar-refractivity contribution in [1.82, 2.24) is 14.7 Å². The molecule has 2 rings (SSSR count). The molecule has 2 heterocycles. The monoisotopic (exact) mass is 282 g/mol. The van der Waals surface area contributed by atoms with Gasteiger partial charge in [-0.2, -0.15) is 4.68 Å². The lowest BCUT2D eigenvalue weighted by Crippen LogP contribution is -2.49. The Morgan fingerprint density at radius 2 is 2.25 bits per heavy atom. The van der Waals surface area contributed by atoms with Gasteiger partial charge in [0, 0.05) is 6.54 Å². The highest BCUT2D eigenvalue weighted by atomic mass is 16.6. The van der Waals surface area contributed by atoms with Crippen LogP contribution in [-0.4, -0.2) is 49.2 Å².